The number of esters is 1. The molecular weight excluding hydrogens is 512 g/mol. The summed E-state index contributed by atoms with van der Waals surface area (Å²) >= 11 is 4.96. The van der Waals surface area contributed by atoms with E-state index in [2.05, 4.69) is 21.2 Å². The summed E-state index contributed by atoms with van der Waals surface area (Å²) < 4.78 is 6.31. The van der Waals surface area contributed by atoms with Crippen molar-refractivity contribution in [3.63, 3.8) is 0 Å². The SMILES string of the molecule is CCOC(=O)c1c(NC(=O)c2cc(-c3ccc(Br)cc3)nc3ccccc23)sc2c1CCCC2. The zero-order valence-electron chi connectivity index (χ0n) is 18.7. The summed E-state index contributed by atoms with van der Waals surface area (Å²) in [5, 5.41) is 4.38. The van der Waals surface area contributed by atoms with Gasteiger partial charge in [0.05, 0.1) is 28.9 Å². The molecule has 0 unspecified atom stereocenters. The van der Waals surface area contributed by atoms with Gasteiger partial charge in [0.2, 0.25) is 0 Å². The highest BCUT2D eigenvalue weighted by atomic mass is 79.9. The molecule has 1 aliphatic rings. The van der Waals surface area contributed by atoms with Gasteiger partial charge in [-0.2, -0.15) is 0 Å². The third-order valence-electron chi connectivity index (χ3n) is 5.98. The van der Waals surface area contributed by atoms with E-state index in [1.165, 1.54) is 16.2 Å². The minimum absolute atomic E-state index is 0.263. The number of pyridine rings is 1. The maximum absolute atomic E-state index is 13.6. The van der Waals surface area contributed by atoms with Gasteiger partial charge in [-0.15, -0.1) is 11.3 Å². The van der Waals surface area contributed by atoms with E-state index in [1.54, 1.807) is 6.92 Å². The largest absolute Gasteiger partial charge is 0.462 e. The molecule has 0 bridgehead atoms. The molecule has 2 heterocycles. The van der Waals surface area contributed by atoms with E-state index in [0.29, 0.717) is 28.4 Å². The minimum atomic E-state index is -0.368. The average molecular weight is 535 g/mol. The van der Waals surface area contributed by atoms with Crippen molar-refractivity contribution >= 4 is 55.0 Å². The first-order chi connectivity index (χ1) is 16.5. The fourth-order valence-electron chi connectivity index (χ4n) is 4.38. The maximum Gasteiger partial charge on any atom is 0.341 e. The van der Waals surface area contributed by atoms with Gasteiger partial charge in [0.25, 0.3) is 5.91 Å². The van der Waals surface area contributed by atoms with Crippen molar-refractivity contribution in [1.82, 2.24) is 4.98 Å². The fourth-order valence-corrected chi connectivity index (χ4v) is 5.91. The summed E-state index contributed by atoms with van der Waals surface area (Å²) in [6.45, 7) is 2.09. The van der Waals surface area contributed by atoms with Crippen molar-refractivity contribution in [1.29, 1.82) is 0 Å². The summed E-state index contributed by atoms with van der Waals surface area (Å²) in [4.78, 5) is 32.4. The highest BCUT2D eigenvalue weighted by Gasteiger charge is 2.28. The van der Waals surface area contributed by atoms with Gasteiger partial charge in [-0.05, 0) is 62.4 Å². The van der Waals surface area contributed by atoms with Gasteiger partial charge in [0, 0.05) is 20.3 Å². The molecule has 4 aromatic rings. The van der Waals surface area contributed by atoms with E-state index in [4.69, 9.17) is 9.72 Å². The number of thiophene rings is 1. The van der Waals surface area contributed by atoms with Gasteiger partial charge < -0.3 is 10.1 Å². The average Bonchev–Trinajstić information content (AvgIpc) is 3.21. The quantitative estimate of drug-likeness (QED) is 0.279. The van der Waals surface area contributed by atoms with Crippen molar-refractivity contribution < 1.29 is 14.3 Å². The first kappa shape index (κ1) is 22.7. The van der Waals surface area contributed by atoms with E-state index in [1.807, 2.05) is 54.6 Å². The Balaban J connectivity index is 1.57. The van der Waals surface area contributed by atoms with Gasteiger partial charge >= 0.3 is 5.97 Å². The topological polar surface area (TPSA) is 68.3 Å². The fraction of sp³-hybridized carbons (Fsp3) is 0.222. The zero-order valence-corrected chi connectivity index (χ0v) is 21.1. The molecule has 5 nitrogen and oxygen atoms in total. The lowest BCUT2D eigenvalue weighted by Crippen LogP contribution is -2.16. The van der Waals surface area contributed by atoms with E-state index < -0.39 is 0 Å². The number of nitrogens with zero attached hydrogens (tertiary/aromatic N) is 1. The van der Waals surface area contributed by atoms with Crippen molar-refractivity contribution in [2.75, 3.05) is 11.9 Å². The van der Waals surface area contributed by atoms with Crippen LogP contribution < -0.4 is 5.32 Å². The van der Waals surface area contributed by atoms with E-state index in [0.717, 1.165) is 52.2 Å². The van der Waals surface area contributed by atoms with Gasteiger partial charge in [-0.1, -0.05) is 46.3 Å². The number of hydrogen-bond donors (Lipinski definition) is 1. The highest BCUT2D eigenvalue weighted by Crippen LogP contribution is 2.39. The third kappa shape index (κ3) is 4.38. The van der Waals surface area contributed by atoms with E-state index in [9.17, 15) is 9.59 Å². The number of aryl methyl sites for hydroxylation is 1. The Hall–Kier alpha value is -3.03. The lowest BCUT2D eigenvalue weighted by molar-refractivity contribution is 0.0526. The third-order valence-corrected chi connectivity index (χ3v) is 7.71. The lowest BCUT2D eigenvalue weighted by Gasteiger charge is -2.13. The number of fused-ring (bicyclic) bond motifs is 2. The number of amides is 1. The summed E-state index contributed by atoms with van der Waals surface area (Å²) in [7, 11) is 0. The number of ether oxygens (including phenoxy) is 1. The zero-order chi connectivity index (χ0) is 23.7. The van der Waals surface area contributed by atoms with Crippen LogP contribution in [-0.2, 0) is 17.6 Å². The molecule has 7 heteroatoms. The van der Waals surface area contributed by atoms with Crippen LogP contribution in [0.5, 0.6) is 0 Å². The molecule has 0 radical (unpaired) electrons. The van der Waals surface area contributed by atoms with E-state index >= 15 is 0 Å². The van der Waals surface area contributed by atoms with Crippen LogP contribution in [0.1, 0.15) is 50.9 Å². The molecule has 5 rings (SSSR count). The van der Waals surface area contributed by atoms with Crippen LogP contribution in [0, 0.1) is 0 Å². The Bertz CT molecular complexity index is 1400. The number of aromatic nitrogens is 1. The van der Waals surface area contributed by atoms with Crippen LogP contribution in [0.3, 0.4) is 0 Å². The van der Waals surface area contributed by atoms with Gasteiger partial charge in [-0.25, -0.2) is 9.78 Å². The predicted molar refractivity (Wildman–Crippen MR) is 140 cm³/mol. The molecule has 0 fully saturated rings. The number of para-hydroxylation sites is 1. The molecule has 1 N–H and O–H groups in total. The molecule has 0 saturated carbocycles. The standard InChI is InChI=1S/C27H23BrN2O3S/c1-2-33-27(32)24-19-8-4-6-10-23(19)34-26(24)30-25(31)20-15-22(16-11-13-17(28)14-12-16)29-21-9-5-3-7-18(20)21/h3,5,7,9,11-15H,2,4,6,8,10H2,1H3,(H,30,31). The number of anilines is 1. The van der Waals surface area contributed by atoms with Crippen molar-refractivity contribution in [2.24, 2.45) is 0 Å². The number of carbonyl (C=O) groups excluding carboxylic acids is 2. The van der Waals surface area contributed by atoms with E-state index in [-0.39, 0.29) is 11.9 Å². The molecule has 0 atom stereocenters. The van der Waals surface area contributed by atoms with Crippen LogP contribution in [0.2, 0.25) is 0 Å². The molecule has 2 aromatic heterocycles. The van der Waals surface area contributed by atoms with Crippen LogP contribution in [0.25, 0.3) is 22.2 Å². The first-order valence-corrected chi connectivity index (χ1v) is 12.9. The first-order valence-electron chi connectivity index (χ1n) is 11.3. The lowest BCUT2D eigenvalue weighted by atomic mass is 9.95. The Kier molecular flexibility index (Phi) is 6.48. The van der Waals surface area contributed by atoms with Crippen molar-refractivity contribution in [3.05, 3.63) is 80.6 Å². The monoisotopic (exact) mass is 534 g/mol. The molecular formula is C27H23BrN2O3S. The number of hydrogen-bond acceptors (Lipinski definition) is 5. The number of carbonyl (C=O) groups is 2. The molecule has 2 aromatic carbocycles. The van der Waals surface area contributed by atoms with Crippen LogP contribution in [0.4, 0.5) is 5.00 Å². The van der Waals surface area contributed by atoms with Crippen LogP contribution in [-0.4, -0.2) is 23.5 Å². The minimum Gasteiger partial charge on any atom is -0.462 e. The second kappa shape index (κ2) is 9.68. The van der Waals surface area contributed by atoms with Crippen molar-refractivity contribution in [3.8, 4) is 11.3 Å². The molecule has 34 heavy (non-hydrogen) atoms. The number of benzene rings is 2. The second-order valence-electron chi connectivity index (χ2n) is 8.17. The molecule has 0 saturated heterocycles. The summed E-state index contributed by atoms with van der Waals surface area (Å²) in [5.41, 5.74) is 4.43. The summed E-state index contributed by atoms with van der Waals surface area (Å²) in [5.74, 6) is -0.631. The number of nitrogens with one attached hydrogen (secondary N) is 1. The molecule has 0 spiro atoms. The number of halogens is 1. The highest BCUT2D eigenvalue weighted by molar-refractivity contribution is 9.10. The molecule has 1 aliphatic carbocycles. The Morgan fingerprint density at radius 2 is 1.85 bits per heavy atom. The Morgan fingerprint density at radius 3 is 2.65 bits per heavy atom. The smallest absolute Gasteiger partial charge is 0.341 e. The van der Waals surface area contributed by atoms with Crippen molar-refractivity contribution in [2.45, 2.75) is 32.6 Å². The second-order valence-corrected chi connectivity index (χ2v) is 10.2. The molecule has 172 valence electrons. The summed E-state index contributed by atoms with van der Waals surface area (Å²) in [6.07, 6.45) is 3.89. The molecule has 0 aliphatic heterocycles. The Labute approximate surface area is 210 Å². The van der Waals surface area contributed by atoms with Gasteiger partial charge in [-0.3, -0.25) is 4.79 Å². The van der Waals surface area contributed by atoms with Gasteiger partial charge in [0.15, 0.2) is 0 Å². The molecule has 1 amide bonds. The normalized spacial score (nSPS) is 12.9. The van der Waals surface area contributed by atoms with Crippen LogP contribution in [0.15, 0.2) is 59.1 Å². The predicted octanol–water partition coefficient (Wildman–Crippen LogP) is 7.03. The Morgan fingerprint density at radius 1 is 1.09 bits per heavy atom. The van der Waals surface area contributed by atoms with Crippen LogP contribution >= 0.6 is 27.3 Å². The number of rotatable bonds is 5. The van der Waals surface area contributed by atoms with Gasteiger partial charge in [0.1, 0.15) is 5.00 Å². The summed E-state index contributed by atoms with van der Waals surface area (Å²) in [6, 6.07) is 17.3. The maximum atomic E-state index is 13.6.